The van der Waals surface area contributed by atoms with Crippen molar-refractivity contribution >= 4 is 11.5 Å². The van der Waals surface area contributed by atoms with E-state index in [0.717, 1.165) is 28.9 Å². The molecular formula is C32H30N4. The van der Waals surface area contributed by atoms with E-state index in [4.69, 9.17) is 5.73 Å². The summed E-state index contributed by atoms with van der Waals surface area (Å²) in [6.45, 7) is 10.5. The Bertz CT molecular complexity index is 1510. The highest BCUT2D eigenvalue weighted by Crippen LogP contribution is 2.66. The van der Waals surface area contributed by atoms with Crippen molar-refractivity contribution in [2.24, 2.45) is 5.73 Å². The highest BCUT2D eigenvalue weighted by Gasteiger charge is 2.63. The number of aryl methyl sites for hydroxylation is 1. The van der Waals surface area contributed by atoms with Crippen molar-refractivity contribution in [3.05, 3.63) is 150 Å². The summed E-state index contributed by atoms with van der Waals surface area (Å²) in [5.41, 5.74) is 15.4. The van der Waals surface area contributed by atoms with Crippen LogP contribution in [0.15, 0.2) is 122 Å². The normalized spacial score (nSPS) is 25.7. The van der Waals surface area contributed by atoms with Crippen LogP contribution >= 0.6 is 0 Å². The molecule has 4 N–H and O–H groups in total. The van der Waals surface area contributed by atoms with Crippen LogP contribution in [-0.2, 0) is 5.41 Å². The highest BCUT2D eigenvalue weighted by atomic mass is 15.1. The van der Waals surface area contributed by atoms with E-state index in [1.54, 1.807) is 6.08 Å². The minimum Gasteiger partial charge on any atom is -0.328 e. The summed E-state index contributed by atoms with van der Waals surface area (Å²) < 4.78 is 0. The Kier molecular flexibility index (Phi) is 5.09. The fourth-order valence-electron chi connectivity index (χ4n) is 6.36. The lowest BCUT2D eigenvalue weighted by molar-refractivity contribution is 0.425. The first-order chi connectivity index (χ1) is 17.5. The number of allylic oxidation sites excluding steroid dienone is 7. The Labute approximate surface area is 212 Å². The summed E-state index contributed by atoms with van der Waals surface area (Å²) >= 11 is 0. The van der Waals surface area contributed by atoms with E-state index in [2.05, 4.69) is 102 Å². The van der Waals surface area contributed by atoms with Gasteiger partial charge in [-0.25, -0.2) is 4.98 Å². The van der Waals surface area contributed by atoms with Crippen molar-refractivity contribution in [1.82, 2.24) is 9.97 Å². The molecule has 3 atom stereocenters. The molecule has 0 saturated heterocycles. The van der Waals surface area contributed by atoms with Gasteiger partial charge in [-0.1, -0.05) is 104 Å². The van der Waals surface area contributed by atoms with Crippen molar-refractivity contribution in [2.75, 3.05) is 5.32 Å². The van der Waals surface area contributed by atoms with Crippen LogP contribution < -0.4 is 11.1 Å². The number of imidazole rings is 1. The number of benzene rings is 2. The first kappa shape index (κ1) is 22.3. The van der Waals surface area contributed by atoms with Crippen LogP contribution in [0.25, 0.3) is 5.57 Å². The van der Waals surface area contributed by atoms with Crippen molar-refractivity contribution in [3.8, 4) is 0 Å². The van der Waals surface area contributed by atoms with E-state index >= 15 is 0 Å². The van der Waals surface area contributed by atoms with Crippen molar-refractivity contribution in [3.63, 3.8) is 0 Å². The molecule has 0 spiro atoms. The van der Waals surface area contributed by atoms with Gasteiger partial charge in [-0.2, -0.15) is 0 Å². The molecule has 1 fully saturated rings. The number of hydrogen-bond acceptors (Lipinski definition) is 3. The molecule has 4 nitrogen and oxygen atoms in total. The third kappa shape index (κ3) is 3.15. The van der Waals surface area contributed by atoms with Gasteiger partial charge in [0.1, 0.15) is 0 Å². The Balaban J connectivity index is 1.33. The van der Waals surface area contributed by atoms with Crippen molar-refractivity contribution < 1.29 is 0 Å². The zero-order chi connectivity index (χ0) is 24.9. The van der Waals surface area contributed by atoms with Gasteiger partial charge in [0.2, 0.25) is 5.95 Å². The second kappa shape index (κ2) is 8.21. The van der Waals surface area contributed by atoms with Gasteiger partial charge in [0.25, 0.3) is 0 Å². The minimum atomic E-state index is -0.654. The Morgan fingerprint density at radius 2 is 1.94 bits per heavy atom. The zero-order valence-electron chi connectivity index (χ0n) is 20.5. The van der Waals surface area contributed by atoms with Gasteiger partial charge in [-0.3, -0.25) is 0 Å². The topological polar surface area (TPSA) is 66.7 Å². The van der Waals surface area contributed by atoms with E-state index in [9.17, 15) is 0 Å². The van der Waals surface area contributed by atoms with Gasteiger partial charge in [0.05, 0.1) is 17.4 Å². The van der Waals surface area contributed by atoms with Crippen molar-refractivity contribution in [2.45, 2.75) is 30.2 Å². The van der Waals surface area contributed by atoms with Gasteiger partial charge >= 0.3 is 0 Å². The molecule has 0 aliphatic heterocycles. The fraction of sp³-hybridized carbons (Fsp3) is 0.156. The summed E-state index contributed by atoms with van der Waals surface area (Å²) in [6, 6.07) is 17.0. The Morgan fingerprint density at radius 1 is 1.14 bits per heavy atom. The van der Waals surface area contributed by atoms with E-state index in [1.165, 1.54) is 22.3 Å². The molecule has 36 heavy (non-hydrogen) atoms. The number of aromatic nitrogens is 2. The molecule has 178 valence electrons. The molecule has 2 bridgehead atoms. The number of nitrogens with two attached hydrogens (primary N) is 1. The van der Waals surface area contributed by atoms with E-state index in [0.29, 0.717) is 5.95 Å². The standard InChI is InChI=1S/C32H30N4/c1-4-12-24(23-14-8-7-13-21(23)2)28-19-34-30(36-28)35-22(3)32(33)20-31-18-11-5-6-17-27(31)29(32)25-15-9-10-16-26(25)31/h4-19,29H,1,3,20,33H2,2H3,(H2,34,35,36)/b24-12+. The van der Waals surface area contributed by atoms with Gasteiger partial charge in [0.15, 0.2) is 0 Å². The molecular weight excluding hydrogens is 440 g/mol. The average Bonchev–Trinajstić information content (AvgIpc) is 3.47. The smallest absolute Gasteiger partial charge is 0.204 e. The number of aromatic amines is 1. The number of rotatable bonds is 6. The van der Waals surface area contributed by atoms with E-state index in [-0.39, 0.29) is 11.3 Å². The summed E-state index contributed by atoms with van der Waals surface area (Å²) in [6.07, 6.45) is 17.3. The first-order valence-electron chi connectivity index (χ1n) is 12.3. The maximum absolute atomic E-state index is 7.25. The number of fused-ring (bicyclic) bond motifs is 2. The molecule has 3 aliphatic rings. The van der Waals surface area contributed by atoms with Gasteiger partial charge in [0, 0.05) is 22.6 Å². The average molecular weight is 471 g/mol. The lowest BCUT2D eigenvalue weighted by atomic mass is 9.71. The molecule has 1 aromatic heterocycles. The monoisotopic (exact) mass is 470 g/mol. The summed E-state index contributed by atoms with van der Waals surface area (Å²) in [4.78, 5) is 8.06. The number of hydrogen-bond donors (Lipinski definition) is 3. The van der Waals surface area contributed by atoms with Crippen LogP contribution in [0.5, 0.6) is 0 Å². The van der Waals surface area contributed by atoms with Crippen molar-refractivity contribution in [1.29, 1.82) is 0 Å². The number of anilines is 1. The molecule has 0 amide bonds. The SMILES string of the molecule is C=C/C=C(/c1cnc(NC(=C)C2(N)CC34C=CC=CC=C3C2c2ccccc24)[nH]1)c1ccccc1C. The second-order valence-corrected chi connectivity index (χ2v) is 9.95. The van der Waals surface area contributed by atoms with Crippen LogP contribution in [0.1, 0.15) is 40.3 Å². The number of nitrogens with zero attached hydrogens (tertiary/aromatic N) is 1. The van der Waals surface area contributed by atoms with Crippen LogP contribution in [0.2, 0.25) is 0 Å². The summed E-state index contributed by atoms with van der Waals surface area (Å²) in [7, 11) is 0. The number of nitrogens with one attached hydrogen (secondary N) is 2. The maximum Gasteiger partial charge on any atom is 0.204 e. The zero-order valence-corrected chi connectivity index (χ0v) is 20.5. The molecule has 1 heterocycles. The lowest BCUT2D eigenvalue weighted by Gasteiger charge is -2.38. The highest BCUT2D eigenvalue weighted by molar-refractivity contribution is 5.81. The van der Waals surface area contributed by atoms with Crippen LogP contribution in [0, 0.1) is 6.92 Å². The molecule has 4 heteroatoms. The molecule has 6 rings (SSSR count). The molecule has 3 aromatic rings. The Morgan fingerprint density at radius 3 is 2.78 bits per heavy atom. The van der Waals surface area contributed by atoms with Gasteiger partial charge in [-0.05, 0) is 41.2 Å². The molecule has 1 saturated carbocycles. The van der Waals surface area contributed by atoms with Crippen LogP contribution in [0.3, 0.4) is 0 Å². The third-order valence-electron chi connectivity index (χ3n) is 7.96. The largest absolute Gasteiger partial charge is 0.328 e. The minimum absolute atomic E-state index is 0.0544. The van der Waals surface area contributed by atoms with E-state index < -0.39 is 5.54 Å². The third-order valence-corrected chi connectivity index (χ3v) is 7.96. The first-order valence-corrected chi connectivity index (χ1v) is 12.3. The van der Waals surface area contributed by atoms with Gasteiger partial charge < -0.3 is 16.0 Å². The van der Waals surface area contributed by atoms with Crippen LogP contribution in [0.4, 0.5) is 5.95 Å². The number of H-pyrrole nitrogens is 1. The molecule has 3 aliphatic carbocycles. The predicted octanol–water partition coefficient (Wildman–Crippen LogP) is 6.45. The van der Waals surface area contributed by atoms with Crippen LogP contribution in [-0.4, -0.2) is 15.5 Å². The maximum atomic E-state index is 7.25. The summed E-state index contributed by atoms with van der Waals surface area (Å²) in [5.74, 6) is 0.681. The van der Waals surface area contributed by atoms with E-state index in [1.807, 2.05) is 24.4 Å². The molecule has 3 unspecified atom stereocenters. The summed E-state index contributed by atoms with van der Waals surface area (Å²) in [5, 5.41) is 3.44. The lowest BCUT2D eigenvalue weighted by Crippen LogP contribution is -2.49. The Hall–Kier alpha value is -4.15. The second-order valence-electron chi connectivity index (χ2n) is 9.95. The molecule has 2 aromatic carbocycles. The molecule has 0 radical (unpaired) electrons. The fourth-order valence-corrected chi connectivity index (χ4v) is 6.36. The predicted molar refractivity (Wildman–Crippen MR) is 149 cm³/mol. The van der Waals surface area contributed by atoms with Gasteiger partial charge in [-0.15, -0.1) is 0 Å². The quantitative estimate of drug-likeness (QED) is 0.363.